The van der Waals surface area contributed by atoms with Crippen LogP contribution in [0, 0.1) is 16.0 Å². The fourth-order valence-electron chi connectivity index (χ4n) is 6.65. The number of amides is 1. The SMILES string of the molecule is COc1cc(N2CCC(N3CCN(CC4CCN(C(=O)OC(C)(C)C)CC4)CC3)CC2)c(C2CC2)cc1[N+](=O)[O-]. The van der Waals surface area contributed by atoms with Crippen LogP contribution < -0.4 is 9.64 Å². The zero-order chi connectivity index (χ0) is 28.4. The van der Waals surface area contributed by atoms with Gasteiger partial charge in [0, 0.05) is 82.8 Å². The predicted octanol–water partition coefficient (Wildman–Crippen LogP) is 4.71. The first-order chi connectivity index (χ1) is 19.1. The van der Waals surface area contributed by atoms with Crippen LogP contribution in [-0.2, 0) is 4.74 Å². The summed E-state index contributed by atoms with van der Waals surface area (Å²) in [5.41, 5.74) is 1.89. The maximum Gasteiger partial charge on any atom is 0.410 e. The van der Waals surface area contributed by atoms with Gasteiger partial charge in [-0.1, -0.05) is 0 Å². The molecule has 5 rings (SSSR count). The van der Waals surface area contributed by atoms with Gasteiger partial charge < -0.3 is 24.2 Å². The van der Waals surface area contributed by atoms with Gasteiger partial charge in [-0.15, -0.1) is 0 Å². The lowest BCUT2D eigenvalue weighted by molar-refractivity contribution is -0.385. The molecule has 222 valence electrons. The summed E-state index contributed by atoms with van der Waals surface area (Å²) < 4.78 is 10.9. The average molecular weight is 558 g/mol. The lowest BCUT2D eigenvalue weighted by Crippen LogP contribution is -2.54. The number of nitro benzene ring substituents is 1. The van der Waals surface area contributed by atoms with E-state index in [2.05, 4.69) is 14.7 Å². The van der Waals surface area contributed by atoms with Crippen molar-refractivity contribution >= 4 is 17.5 Å². The minimum atomic E-state index is -0.442. The number of methoxy groups -OCH3 is 1. The van der Waals surface area contributed by atoms with Crippen LogP contribution in [0.1, 0.15) is 70.8 Å². The standard InChI is InChI=1S/C30H47N5O5/c1-30(2,3)40-29(36)34-11-7-22(8-12-34)21-31-15-17-32(18-16-31)24-9-13-33(14-10-24)26-20-28(39-4)27(35(37)38)19-25(26)23-5-6-23/h19-20,22-24H,5-18,21H2,1-4H3. The number of hydrogen-bond donors (Lipinski definition) is 0. The summed E-state index contributed by atoms with van der Waals surface area (Å²) in [6, 6.07) is 4.27. The fourth-order valence-corrected chi connectivity index (χ4v) is 6.65. The lowest BCUT2D eigenvalue weighted by Gasteiger charge is -2.44. The van der Waals surface area contributed by atoms with E-state index in [0.717, 1.165) is 109 Å². The molecular weight excluding hydrogens is 510 g/mol. The number of ether oxygens (including phenoxy) is 2. The highest BCUT2D eigenvalue weighted by atomic mass is 16.6. The molecule has 3 aliphatic heterocycles. The first-order valence-electron chi connectivity index (χ1n) is 15.2. The summed E-state index contributed by atoms with van der Waals surface area (Å²) in [4.78, 5) is 33.2. The van der Waals surface area contributed by atoms with Gasteiger partial charge in [0.15, 0.2) is 5.75 Å². The van der Waals surface area contributed by atoms with Crippen molar-refractivity contribution in [1.29, 1.82) is 0 Å². The molecule has 1 aromatic rings. The minimum absolute atomic E-state index is 0.0782. The zero-order valence-corrected chi connectivity index (χ0v) is 24.8. The molecule has 4 fully saturated rings. The number of rotatable bonds is 7. The number of nitro groups is 1. The van der Waals surface area contributed by atoms with Crippen molar-refractivity contribution in [3.63, 3.8) is 0 Å². The number of likely N-dealkylation sites (tertiary alicyclic amines) is 1. The molecular formula is C30H47N5O5. The van der Waals surface area contributed by atoms with Gasteiger partial charge in [0.25, 0.3) is 0 Å². The molecule has 1 aromatic carbocycles. The second-order valence-corrected chi connectivity index (χ2v) is 13.1. The Bertz CT molecular complexity index is 1050. The Labute approximate surface area is 238 Å². The van der Waals surface area contributed by atoms with Gasteiger partial charge in [0.05, 0.1) is 12.0 Å². The molecule has 0 radical (unpaired) electrons. The molecule has 3 heterocycles. The van der Waals surface area contributed by atoms with Gasteiger partial charge in [0.2, 0.25) is 0 Å². The summed E-state index contributed by atoms with van der Waals surface area (Å²) in [7, 11) is 1.52. The highest BCUT2D eigenvalue weighted by Crippen LogP contribution is 2.48. The first-order valence-corrected chi connectivity index (χ1v) is 15.2. The van der Waals surface area contributed by atoms with E-state index in [4.69, 9.17) is 9.47 Å². The second-order valence-electron chi connectivity index (χ2n) is 13.1. The molecule has 3 saturated heterocycles. The molecule has 0 bridgehead atoms. The molecule has 0 N–H and O–H groups in total. The number of nitrogens with zero attached hydrogens (tertiary/aromatic N) is 5. The van der Waals surface area contributed by atoms with Crippen molar-refractivity contribution in [3.8, 4) is 5.75 Å². The van der Waals surface area contributed by atoms with Gasteiger partial charge in [-0.05, 0) is 76.7 Å². The van der Waals surface area contributed by atoms with E-state index in [1.54, 1.807) is 6.07 Å². The third-order valence-corrected chi connectivity index (χ3v) is 9.05. The molecule has 0 aromatic heterocycles. The van der Waals surface area contributed by atoms with Crippen LogP contribution in [0.5, 0.6) is 5.75 Å². The molecule has 1 saturated carbocycles. The fraction of sp³-hybridized carbons (Fsp3) is 0.767. The molecule has 0 atom stereocenters. The predicted molar refractivity (Wildman–Crippen MR) is 155 cm³/mol. The maximum absolute atomic E-state index is 12.4. The Morgan fingerprint density at radius 2 is 1.60 bits per heavy atom. The highest BCUT2D eigenvalue weighted by Gasteiger charge is 2.35. The van der Waals surface area contributed by atoms with Crippen molar-refractivity contribution in [2.45, 2.75) is 76.9 Å². The topological polar surface area (TPSA) is 91.6 Å². The van der Waals surface area contributed by atoms with E-state index in [1.165, 1.54) is 7.11 Å². The first kappa shape index (κ1) is 28.9. The van der Waals surface area contributed by atoms with Gasteiger partial charge in [-0.3, -0.25) is 15.0 Å². The van der Waals surface area contributed by atoms with Crippen LogP contribution in [0.4, 0.5) is 16.2 Å². The zero-order valence-electron chi connectivity index (χ0n) is 24.8. The van der Waals surface area contributed by atoms with E-state index in [0.29, 0.717) is 23.6 Å². The van der Waals surface area contributed by atoms with Crippen LogP contribution in [-0.4, -0.2) is 103 Å². The molecule has 0 spiro atoms. The molecule has 0 unspecified atom stereocenters. The number of carbonyl (C=O) groups is 1. The molecule has 10 nitrogen and oxygen atoms in total. The number of hydrogen-bond acceptors (Lipinski definition) is 8. The van der Waals surface area contributed by atoms with Crippen molar-refractivity contribution in [2.75, 3.05) is 70.9 Å². The maximum atomic E-state index is 12.4. The lowest BCUT2D eigenvalue weighted by atomic mass is 9.95. The number of piperidine rings is 2. The molecule has 1 aliphatic carbocycles. The molecule has 40 heavy (non-hydrogen) atoms. The number of piperazine rings is 1. The van der Waals surface area contributed by atoms with Crippen LogP contribution in [0.2, 0.25) is 0 Å². The van der Waals surface area contributed by atoms with E-state index < -0.39 is 5.60 Å². The Morgan fingerprint density at radius 1 is 0.950 bits per heavy atom. The largest absolute Gasteiger partial charge is 0.490 e. The summed E-state index contributed by atoms with van der Waals surface area (Å²) in [6.45, 7) is 14.9. The van der Waals surface area contributed by atoms with Gasteiger partial charge in [-0.2, -0.15) is 0 Å². The smallest absolute Gasteiger partial charge is 0.410 e. The summed E-state index contributed by atoms with van der Waals surface area (Å²) in [5.74, 6) is 1.45. The number of carbonyl (C=O) groups excluding carboxylic acids is 1. The number of anilines is 1. The highest BCUT2D eigenvalue weighted by molar-refractivity contribution is 5.68. The van der Waals surface area contributed by atoms with Crippen LogP contribution in [0.25, 0.3) is 0 Å². The van der Waals surface area contributed by atoms with Crippen molar-refractivity contribution in [3.05, 3.63) is 27.8 Å². The minimum Gasteiger partial charge on any atom is -0.490 e. The Hall–Kier alpha value is -2.59. The second kappa shape index (κ2) is 12.1. The van der Waals surface area contributed by atoms with E-state index in [-0.39, 0.29) is 16.7 Å². The molecule has 4 aliphatic rings. The van der Waals surface area contributed by atoms with E-state index in [9.17, 15) is 14.9 Å². The van der Waals surface area contributed by atoms with Crippen molar-refractivity contribution < 1.29 is 19.2 Å². The summed E-state index contributed by atoms with van der Waals surface area (Å²) in [6.07, 6.45) is 6.38. The van der Waals surface area contributed by atoms with Crippen molar-refractivity contribution in [2.24, 2.45) is 5.92 Å². The normalized spacial score (nSPS) is 22.4. The summed E-state index contributed by atoms with van der Waals surface area (Å²) >= 11 is 0. The monoisotopic (exact) mass is 557 g/mol. The average Bonchev–Trinajstić information content (AvgIpc) is 3.78. The quantitative estimate of drug-likeness (QED) is 0.352. The Balaban J connectivity index is 1.07. The third kappa shape index (κ3) is 7.00. The Kier molecular flexibility index (Phi) is 8.75. The molecule has 10 heteroatoms. The van der Waals surface area contributed by atoms with Crippen LogP contribution in [0.15, 0.2) is 12.1 Å². The summed E-state index contributed by atoms with van der Waals surface area (Å²) in [5, 5.41) is 11.6. The number of benzene rings is 1. The Morgan fingerprint density at radius 3 is 2.15 bits per heavy atom. The van der Waals surface area contributed by atoms with Gasteiger partial charge in [0.1, 0.15) is 5.60 Å². The van der Waals surface area contributed by atoms with Crippen LogP contribution in [0.3, 0.4) is 0 Å². The van der Waals surface area contributed by atoms with Gasteiger partial charge >= 0.3 is 11.8 Å². The van der Waals surface area contributed by atoms with E-state index >= 15 is 0 Å². The molecule has 1 amide bonds. The van der Waals surface area contributed by atoms with E-state index in [1.807, 2.05) is 31.7 Å². The van der Waals surface area contributed by atoms with Crippen LogP contribution >= 0.6 is 0 Å². The van der Waals surface area contributed by atoms with Crippen molar-refractivity contribution in [1.82, 2.24) is 14.7 Å². The third-order valence-electron chi connectivity index (χ3n) is 9.05. The van der Waals surface area contributed by atoms with Gasteiger partial charge in [-0.25, -0.2) is 4.79 Å².